The smallest absolute Gasteiger partial charge is 0.179 e. The lowest BCUT2D eigenvalue weighted by Gasteiger charge is -2.20. The van der Waals surface area contributed by atoms with Gasteiger partial charge < -0.3 is 19.9 Å². The zero-order valence-corrected chi connectivity index (χ0v) is 12.2. The van der Waals surface area contributed by atoms with Crippen LogP contribution in [0.25, 0.3) is 0 Å². The molecule has 1 aromatic rings. The number of ether oxygens (including phenoxy) is 2. The van der Waals surface area contributed by atoms with E-state index in [4.69, 9.17) is 21.1 Å². The summed E-state index contributed by atoms with van der Waals surface area (Å²) in [5.74, 6) is 1.97. The molecule has 2 N–H and O–H groups in total. The molecule has 0 aromatic heterocycles. The van der Waals surface area contributed by atoms with E-state index in [0.29, 0.717) is 29.9 Å². The molecule has 2 unspecified atom stereocenters. The minimum Gasteiger partial charge on any atom is -0.486 e. The number of nitrogens with one attached hydrogen (secondary N) is 1. The van der Waals surface area contributed by atoms with Crippen molar-refractivity contribution < 1.29 is 14.6 Å². The molecule has 1 aliphatic heterocycles. The third-order valence-corrected chi connectivity index (χ3v) is 4.21. The van der Waals surface area contributed by atoms with Crippen LogP contribution >= 0.6 is 11.6 Å². The van der Waals surface area contributed by atoms with E-state index in [1.165, 1.54) is 0 Å². The van der Waals surface area contributed by atoms with Crippen molar-refractivity contribution in [1.82, 2.24) is 5.32 Å². The van der Waals surface area contributed by atoms with Gasteiger partial charge in [0.2, 0.25) is 0 Å². The first-order valence-electron chi connectivity index (χ1n) is 7.19. The second-order valence-corrected chi connectivity index (χ2v) is 5.97. The molecule has 0 radical (unpaired) electrons. The Bertz CT molecular complexity index is 480. The molecule has 2 aliphatic rings. The lowest BCUT2D eigenvalue weighted by Crippen LogP contribution is -2.22. The van der Waals surface area contributed by atoms with Crippen molar-refractivity contribution in [2.45, 2.75) is 31.9 Å². The van der Waals surface area contributed by atoms with Crippen LogP contribution in [-0.2, 0) is 6.54 Å². The van der Waals surface area contributed by atoms with E-state index in [-0.39, 0.29) is 6.10 Å². The molecular formula is C15H20ClNO3. The highest BCUT2D eigenvalue weighted by atomic mass is 35.5. The van der Waals surface area contributed by atoms with E-state index in [0.717, 1.165) is 43.7 Å². The van der Waals surface area contributed by atoms with Crippen molar-refractivity contribution in [2.24, 2.45) is 5.92 Å². The Morgan fingerprint density at radius 2 is 2.10 bits per heavy atom. The van der Waals surface area contributed by atoms with Gasteiger partial charge in [-0.2, -0.15) is 0 Å². The summed E-state index contributed by atoms with van der Waals surface area (Å²) in [5.41, 5.74) is 1.10. The van der Waals surface area contributed by atoms with Gasteiger partial charge in [0.25, 0.3) is 0 Å². The Labute approximate surface area is 124 Å². The third kappa shape index (κ3) is 3.19. The summed E-state index contributed by atoms with van der Waals surface area (Å²) in [6, 6.07) is 3.91. The molecule has 2 atom stereocenters. The van der Waals surface area contributed by atoms with Gasteiger partial charge in [0.1, 0.15) is 13.2 Å². The summed E-state index contributed by atoms with van der Waals surface area (Å²) in [4.78, 5) is 0. The minimum atomic E-state index is -0.106. The quantitative estimate of drug-likeness (QED) is 0.896. The van der Waals surface area contributed by atoms with Crippen LogP contribution in [0.2, 0.25) is 5.02 Å². The van der Waals surface area contributed by atoms with Crippen LogP contribution in [0.1, 0.15) is 24.8 Å². The van der Waals surface area contributed by atoms with E-state index < -0.39 is 0 Å². The van der Waals surface area contributed by atoms with E-state index in [9.17, 15) is 5.11 Å². The fourth-order valence-corrected chi connectivity index (χ4v) is 3.21. The van der Waals surface area contributed by atoms with Gasteiger partial charge >= 0.3 is 0 Å². The molecule has 0 saturated heterocycles. The first kappa shape index (κ1) is 14.0. The SMILES string of the molecule is OC1CCC(CNCc2cc(Cl)c3c(c2)OCCO3)C1. The number of aliphatic hydroxyl groups is 1. The van der Waals surface area contributed by atoms with Gasteiger partial charge in [-0.25, -0.2) is 0 Å². The summed E-state index contributed by atoms with van der Waals surface area (Å²) in [5, 5.41) is 13.5. The van der Waals surface area contributed by atoms with Gasteiger partial charge in [-0.3, -0.25) is 0 Å². The maximum Gasteiger partial charge on any atom is 0.179 e. The van der Waals surface area contributed by atoms with Crippen molar-refractivity contribution in [2.75, 3.05) is 19.8 Å². The van der Waals surface area contributed by atoms with Crippen molar-refractivity contribution in [3.05, 3.63) is 22.7 Å². The van der Waals surface area contributed by atoms with E-state index in [2.05, 4.69) is 5.32 Å². The molecule has 110 valence electrons. The summed E-state index contributed by atoms with van der Waals surface area (Å²) in [6.45, 7) is 2.81. The second-order valence-electron chi connectivity index (χ2n) is 5.57. The molecule has 1 aromatic carbocycles. The summed E-state index contributed by atoms with van der Waals surface area (Å²) in [6.07, 6.45) is 2.85. The number of aliphatic hydroxyl groups excluding tert-OH is 1. The predicted octanol–water partition coefficient (Wildman–Crippen LogP) is 2.36. The first-order chi connectivity index (χ1) is 9.72. The third-order valence-electron chi connectivity index (χ3n) is 3.93. The normalized spacial score (nSPS) is 24.9. The number of fused-ring (bicyclic) bond motifs is 1. The monoisotopic (exact) mass is 297 g/mol. The Morgan fingerprint density at radius 3 is 2.90 bits per heavy atom. The molecular weight excluding hydrogens is 278 g/mol. The average Bonchev–Trinajstić information content (AvgIpc) is 2.85. The van der Waals surface area contributed by atoms with Gasteiger partial charge in [0.05, 0.1) is 11.1 Å². The summed E-state index contributed by atoms with van der Waals surface area (Å²) < 4.78 is 11.1. The number of rotatable bonds is 4. The standard InChI is InChI=1S/C15H20ClNO3/c16-13-6-11(7-14-15(13)20-4-3-19-14)9-17-8-10-1-2-12(18)5-10/h6-7,10,12,17-18H,1-5,8-9H2. The lowest BCUT2D eigenvalue weighted by atomic mass is 10.1. The maximum atomic E-state index is 9.51. The van der Waals surface area contributed by atoms with Crippen molar-refractivity contribution >= 4 is 11.6 Å². The maximum absolute atomic E-state index is 9.51. The average molecular weight is 298 g/mol. The number of hydrogen-bond donors (Lipinski definition) is 2. The van der Waals surface area contributed by atoms with E-state index >= 15 is 0 Å². The molecule has 0 bridgehead atoms. The lowest BCUT2D eigenvalue weighted by molar-refractivity contribution is 0.171. The van der Waals surface area contributed by atoms with Crippen molar-refractivity contribution in [3.8, 4) is 11.5 Å². The van der Waals surface area contributed by atoms with Crippen LogP contribution in [0.5, 0.6) is 11.5 Å². The van der Waals surface area contributed by atoms with Gasteiger partial charge in [-0.15, -0.1) is 0 Å². The van der Waals surface area contributed by atoms with Gasteiger partial charge in [0, 0.05) is 6.54 Å². The van der Waals surface area contributed by atoms with Crippen LogP contribution < -0.4 is 14.8 Å². The molecule has 20 heavy (non-hydrogen) atoms. The van der Waals surface area contributed by atoms with Gasteiger partial charge in [-0.1, -0.05) is 11.6 Å². The largest absolute Gasteiger partial charge is 0.486 e. The number of hydrogen-bond acceptors (Lipinski definition) is 4. The van der Waals surface area contributed by atoms with Gasteiger partial charge in [-0.05, 0) is 49.4 Å². The Morgan fingerprint density at radius 1 is 1.25 bits per heavy atom. The topological polar surface area (TPSA) is 50.7 Å². The molecule has 0 spiro atoms. The molecule has 1 saturated carbocycles. The Balaban J connectivity index is 1.56. The molecule has 3 rings (SSSR count). The fourth-order valence-electron chi connectivity index (χ4n) is 2.92. The van der Waals surface area contributed by atoms with Crippen LogP contribution in [0.4, 0.5) is 0 Å². The highest BCUT2D eigenvalue weighted by molar-refractivity contribution is 6.32. The zero-order valence-electron chi connectivity index (χ0n) is 11.4. The van der Waals surface area contributed by atoms with Crippen LogP contribution in [-0.4, -0.2) is 31.0 Å². The summed E-state index contributed by atoms with van der Waals surface area (Å²) >= 11 is 6.21. The van der Waals surface area contributed by atoms with Gasteiger partial charge in [0.15, 0.2) is 11.5 Å². The van der Waals surface area contributed by atoms with Crippen LogP contribution in [0.15, 0.2) is 12.1 Å². The van der Waals surface area contributed by atoms with E-state index in [1.807, 2.05) is 12.1 Å². The van der Waals surface area contributed by atoms with E-state index in [1.54, 1.807) is 0 Å². The first-order valence-corrected chi connectivity index (χ1v) is 7.57. The predicted molar refractivity (Wildman–Crippen MR) is 77.5 cm³/mol. The zero-order chi connectivity index (χ0) is 13.9. The molecule has 1 heterocycles. The molecule has 1 aliphatic carbocycles. The molecule has 5 heteroatoms. The second kappa shape index (κ2) is 6.20. The molecule has 0 amide bonds. The highest BCUT2D eigenvalue weighted by Gasteiger charge is 2.22. The van der Waals surface area contributed by atoms with Crippen molar-refractivity contribution in [1.29, 1.82) is 0 Å². The number of benzene rings is 1. The van der Waals surface area contributed by atoms with Crippen LogP contribution in [0, 0.1) is 5.92 Å². The molecule has 4 nitrogen and oxygen atoms in total. The molecule has 1 fully saturated rings. The highest BCUT2D eigenvalue weighted by Crippen LogP contribution is 2.38. The van der Waals surface area contributed by atoms with Crippen molar-refractivity contribution in [3.63, 3.8) is 0 Å². The van der Waals surface area contributed by atoms with Crippen LogP contribution in [0.3, 0.4) is 0 Å². The summed E-state index contributed by atoms with van der Waals surface area (Å²) in [7, 11) is 0. The minimum absolute atomic E-state index is 0.106. The Kier molecular flexibility index (Phi) is 4.34. The Hall–Kier alpha value is -0.970. The number of halogens is 1. The fraction of sp³-hybridized carbons (Fsp3) is 0.600.